The maximum absolute atomic E-state index is 12.4. The predicted molar refractivity (Wildman–Crippen MR) is 97.6 cm³/mol. The van der Waals surface area contributed by atoms with Crippen LogP contribution >= 0.6 is 0 Å². The van der Waals surface area contributed by atoms with Crippen LogP contribution in [0, 0.1) is 0 Å². The lowest BCUT2D eigenvalue weighted by Crippen LogP contribution is -2.33. The number of halogens is 2. The fourth-order valence-electron chi connectivity index (χ4n) is 2.15. The van der Waals surface area contributed by atoms with E-state index in [1.807, 2.05) is 0 Å². The third-order valence-electron chi connectivity index (χ3n) is 3.86. The van der Waals surface area contributed by atoms with Crippen molar-refractivity contribution in [2.75, 3.05) is 12.4 Å². The van der Waals surface area contributed by atoms with Crippen molar-refractivity contribution in [2.24, 2.45) is 0 Å². The van der Waals surface area contributed by atoms with Crippen molar-refractivity contribution >= 4 is 21.6 Å². The Hall–Kier alpha value is -2.52. The minimum absolute atomic E-state index is 0.0506. The number of ether oxygens (including phenoxy) is 1. The largest absolute Gasteiger partial charge is 0.435 e. The average molecular weight is 398 g/mol. The number of hydrogen-bond acceptors (Lipinski definition) is 4. The van der Waals surface area contributed by atoms with Crippen molar-refractivity contribution in [3.05, 3.63) is 54.1 Å². The highest BCUT2D eigenvalue weighted by molar-refractivity contribution is 7.89. The molecule has 0 saturated carbocycles. The van der Waals surface area contributed by atoms with Gasteiger partial charge >= 0.3 is 6.61 Å². The number of sulfonamides is 1. The molecule has 2 aromatic rings. The van der Waals surface area contributed by atoms with Gasteiger partial charge in [0.25, 0.3) is 5.91 Å². The summed E-state index contributed by atoms with van der Waals surface area (Å²) >= 11 is 0. The Morgan fingerprint density at radius 3 is 2.07 bits per heavy atom. The monoisotopic (exact) mass is 398 g/mol. The summed E-state index contributed by atoms with van der Waals surface area (Å²) in [6.45, 7) is 0.599. The number of carbonyl (C=O) groups excluding carboxylic acids is 1. The maximum atomic E-state index is 12.4. The smallest absolute Gasteiger partial charge is 0.387 e. The van der Waals surface area contributed by atoms with E-state index in [1.165, 1.54) is 59.9 Å². The highest BCUT2D eigenvalue weighted by Crippen LogP contribution is 2.20. The minimum atomic E-state index is -3.60. The fourth-order valence-corrected chi connectivity index (χ4v) is 3.51. The van der Waals surface area contributed by atoms with Crippen LogP contribution < -0.4 is 10.1 Å². The molecule has 0 saturated heterocycles. The summed E-state index contributed by atoms with van der Waals surface area (Å²) in [5, 5.41) is 2.61. The van der Waals surface area contributed by atoms with Crippen LogP contribution in [0.4, 0.5) is 14.5 Å². The van der Waals surface area contributed by atoms with Gasteiger partial charge in [-0.2, -0.15) is 13.1 Å². The molecule has 0 atom stereocenters. The normalized spacial score (nSPS) is 11.9. The van der Waals surface area contributed by atoms with Crippen molar-refractivity contribution in [3.8, 4) is 5.75 Å². The highest BCUT2D eigenvalue weighted by Gasteiger charge is 2.22. The van der Waals surface area contributed by atoms with Gasteiger partial charge in [0.15, 0.2) is 0 Å². The zero-order valence-corrected chi connectivity index (χ0v) is 15.8. The molecule has 9 heteroatoms. The lowest BCUT2D eigenvalue weighted by Gasteiger charge is -2.21. The maximum Gasteiger partial charge on any atom is 0.387 e. The third-order valence-corrected chi connectivity index (χ3v) is 5.91. The lowest BCUT2D eigenvalue weighted by molar-refractivity contribution is -0.0498. The number of benzene rings is 2. The second kappa shape index (κ2) is 8.45. The number of nitrogens with one attached hydrogen (secondary N) is 1. The average Bonchev–Trinajstić information content (AvgIpc) is 2.61. The van der Waals surface area contributed by atoms with E-state index in [0.717, 1.165) is 0 Å². The summed E-state index contributed by atoms with van der Waals surface area (Å²) in [5.41, 5.74) is 0.645. The van der Waals surface area contributed by atoms with Crippen LogP contribution in [0.3, 0.4) is 0 Å². The van der Waals surface area contributed by atoms with E-state index in [9.17, 15) is 22.0 Å². The quantitative estimate of drug-likeness (QED) is 0.774. The van der Waals surface area contributed by atoms with Gasteiger partial charge < -0.3 is 10.1 Å². The molecule has 0 aliphatic rings. The molecule has 2 aromatic carbocycles. The Morgan fingerprint density at radius 1 is 1.04 bits per heavy atom. The second-order valence-electron chi connectivity index (χ2n) is 6.00. The molecule has 6 nitrogen and oxygen atoms in total. The highest BCUT2D eigenvalue weighted by atomic mass is 32.2. The zero-order chi connectivity index (χ0) is 20.2. The molecule has 0 unspecified atom stereocenters. The minimum Gasteiger partial charge on any atom is -0.435 e. The van der Waals surface area contributed by atoms with E-state index in [-0.39, 0.29) is 22.3 Å². The van der Waals surface area contributed by atoms with Crippen LogP contribution in [0.15, 0.2) is 53.4 Å². The number of amides is 1. The first-order valence-electron chi connectivity index (χ1n) is 8.05. The molecule has 0 aliphatic carbocycles. The van der Waals surface area contributed by atoms with Crippen LogP contribution in [0.5, 0.6) is 5.75 Å². The van der Waals surface area contributed by atoms with Crippen LogP contribution in [0.2, 0.25) is 0 Å². The van der Waals surface area contributed by atoms with Crippen LogP contribution in [-0.2, 0) is 10.0 Å². The summed E-state index contributed by atoms with van der Waals surface area (Å²) < 4.78 is 54.6. The Kier molecular flexibility index (Phi) is 6.50. The number of carbonyl (C=O) groups is 1. The molecule has 146 valence electrons. The van der Waals surface area contributed by atoms with E-state index in [1.54, 1.807) is 13.8 Å². The first-order chi connectivity index (χ1) is 12.6. The summed E-state index contributed by atoms with van der Waals surface area (Å²) in [5.74, 6) is -0.515. The van der Waals surface area contributed by atoms with Gasteiger partial charge in [-0.15, -0.1) is 0 Å². The van der Waals surface area contributed by atoms with Gasteiger partial charge in [0.2, 0.25) is 10.0 Å². The molecule has 0 fully saturated rings. The second-order valence-corrected chi connectivity index (χ2v) is 7.99. The van der Waals surface area contributed by atoms with Gasteiger partial charge in [-0.1, -0.05) is 0 Å². The molecule has 1 amide bonds. The van der Waals surface area contributed by atoms with Gasteiger partial charge in [0, 0.05) is 24.3 Å². The number of rotatable bonds is 7. The van der Waals surface area contributed by atoms with Crippen LogP contribution in [0.25, 0.3) is 0 Å². The molecular weight excluding hydrogens is 378 g/mol. The van der Waals surface area contributed by atoms with Crippen molar-refractivity contribution < 1.29 is 26.7 Å². The van der Waals surface area contributed by atoms with E-state index >= 15 is 0 Å². The Balaban J connectivity index is 2.09. The number of alkyl halides is 2. The van der Waals surface area contributed by atoms with Gasteiger partial charge in [0.05, 0.1) is 4.90 Å². The zero-order valence-electron chi connectivity index (χ0n) is 15.0. The van der Waals surface area contributed by atoms with Gasteiger partial charge in [-0.3, -0.25) is 4.79 Å². The third kappa shape index (κ3) is 5.24. The van der Waals surface area contributed by atoms with E-state index in [0.29, 0.717) is 5.69 Å². The van der Waals surface area contributed by atoms with Gasteiger partial charge in [0.1, 0.15) is 5.75 Å². The Bertz CT molecular complexity index is 883. The molecule has 0 radical (unpaired) electrons. The molecule has 1 N–H and O–H groups in total. The molecule has 0 bridgehead atoms. The lowest BCUT2D eigenvalue weighted by atomic mass is 10.2. The van der Waals surface area contributed by atoms with E-state index in [4.69, 9.17) is 0 Å². The Morgan fingerprint density at radius 2 is 1.59 bits per heavy atom. The van der Waals surface area contributed by atoms with Crippen molar-refractivity contribution in [3.63, 3.8) is 0 Å². The molecule has 0 aromatic heterocycles. The topological polar surface area (TPSA) is 75.7 Å². The van der Waals surface area contributed by atoms with Crippen LogP contribution in [0.1, 0.15) is 24.2 Å². The van der Waals surface area contributed by atoms with Gasteiger partial charge in [-0.25, -0.2) is 8.42 Å². The fraction of sp³-hybridized carbons (Fsp3) is 0.278. The first-order valence-corrected chi connectivity index (χ1v) is 9.49. The van der Waals surface area contributed by atoms with Crippen molar-refractivity contribution in [2.45, 2.75) is 31.4 Å². The summed E-state index contributed by atoms with van der Waals surface area (Å²) in [6.07, 6.45) is 0. The molecule has 27 heavy (non-hydrogen) atoms. The number of nitrogens with zero attached hydrogens (tertiary/aromatic N) is 1. The van der Waals surface area contributed by atoms with Crippen molar-refractivity contribution in [1.82, 2.24) is 4.31 Å². The first kappa shape index (κ1) is 20.8. The van der Waals surface area contributed by atoms with Gasteiger partial charge in [-0.05, 0) is 62.4 Å². The van der Waals surface area contributed by atoms with E-state index < -0.39 is 22.5 Å². The molecule has 0 aliphatic heterocycles. The predicted octanol–water partition coefficient (Wildman–Crippen LogP) is 3.57. The summed E-state index contributed by atoms with van der Waals surface area (Å²) in [7, 11) is -2.11. The molecular formula is C18H20F2N2O4S. The SMILES string of the molecule is CC(C)N(C)S(=O)(=O)c1ccc(NC(=O)c2ccc(OC(F)F)cc2)cc1. The molecule has 0 spiro atoms. The van der Waals surface area contributed by atoms with E-state index in [2.05, 4.69) is 10.1 Å². The molecule has 2 rings (SSSR count). The number of anilines is 1. The molecule has 0 heterocycles. The van der Waals surface area contributed by atoms with Crippen LogP contribution in [-0.4, -0.2) is 38.3 Å². The number of hydrogen-bond donors (Lipinski definition) is 1. The van der Waals surface area contributed by atoms with Crippen molar-refractivity contribution in [1.29, 1.82) is 0 Å². The standard InChI is InChI=1S/C18H20F2N2O4S/c1-12(2)22(3)27(24,25)16-10-6-14(7-11-16)21-17(23)13-4-8-15(9-5-13)26-18(19)20/h4-12,18H,1-3H3,(H,21,23). The Labute approximate surface area is 156 Å². The summed E-state index contributed by atoms with van der Waals surface area (Å²) in [6, 6.07) is 10.8. The summed E-state index contributed by atoms with van der Waals surface area (Å²) in [4.78, 5) is 12.3.